The van der Waals surface area contributed by atoms with E-state index in [1.807, 2.05) is 36.5 Å². The fourth-order valence-electron chi connectivity index (χ4n) is 4.75. The van der Waals surface area contributed by atoms with Crippen LogP contribution in [0.5, 0.6) is 0 Å². The number of hydrogen-bond acceptors (Lipinski definition) is 4. The molecule has 1 saturated carbocycles. The lowest BCUT2D eigenvalue weighted by Gasteiger charge is -2.25. The van der Waals surface area contributed by atoms with Gasteiger partial charge in [0.1, 0.15) is 5.82 Å². The van der Waals surface area contributed by atoms with Gasteiger partial charge < -0.3 is 20.0 Å². The van der Waals surface area contributed by atoms with E-state index in [1.54, 1.807) is 18.5 Å². The SMILES string of the molecule is O=C(O)c1ccc2c(c1)nc(-c1ccc(C(=O)NCCc3c[nH]cn3)cc1)n2C1CCCCC1. The van der Waals surface area contributed by atoms with Crippen LogP contribution in [0.15, 0.2) is 55.0 Å². The number of aromatic nitrogens is 4. The van der Waals surface area contributed by atoms with Crippen molar-refractivity contribution in [2.24, 2.45) is 0 Å². The highest BCUT2D eigenvalue weighted by atomic mass is 16.4. The van der Waals surface area contributed by atoms with Crippen LogP contribution in [0.3, 0.4) is 0 Å². The van der Waals surface area contributed by atoms with Gasteiger partial charge in [-0.15, -0.1) is 0 Å². The van der Waals surface area contributed by atoms with Crippen molar-refractivity contribution in [3.05, 3.63) is 71.8 Å². The van der Waals surface area contributed by atoms with Crippen molar-refractivity contribution in [2.45, 2.75) is 44.6 Å². The van der Waals surface area contributed by atoms with E-state index in [0.717, 1.165) is 35.4 Å². The number of nitrogens with one attached hydrogen (secondary N) is 2. The minimum Gasteiger partial charge on any atom is -0.478 e. The Morgan fingerprint density at radius 1 is 1.06 bits per heavy atom. The minimum absolute atomic E-state index is 0.131. The predicted molar refractivity (Wildman–Crippen MR) is 129 cm³/mol. The Kier molecular flexibility index (Phi) is 6.12. The van der Waals surface area contributed by atoms with Crippen LogP contribution in [0.2, 0.25) is 0 Å². The number of fused-ring (bicyclic) bond motifs is 1. The number of hydrogen-bond donors (Lipinski definition) is 3. The Hall–Kier alpha value is -3.94. The van der Waals surface area contributed by atoms with Gasteiger partial charge in [-0.2, -0.15) is 0 Å². The number of carboxylic acid groups (broad SMARTS) is 1. The number of benzene rings is 2. The maximum Gasteiger partial charge on any atom is 0.335 e. The van der Waals surface area contributed by atoms with Crippen LogP contribution in [0, 0.1) is 0 Å². The Morgan fingerprint density at radius 3 is 2.53 bits per heavy atom. The summed E-state index contributed by atoms with van der Waals surface area (Å²) in [5, 5.41) is 12.3. The second-order valence-electron chi connectivity index (χ2n) is 8.75. The van der Waals surface area contributed by atoms with Crippen LogP contribution in [0.25, 0.3) is 22.4 Å². The van der Waals surface area contributed by atoms with Gasteiger partial charge in [0.25, 0.3) is 5.91 Å². The van der Waals surface area contributed by atoms with Crippen LogP contribution in [0.1, 0.15) is 64.6 Å². The van der Waals surface area contributed by atoms with Crippen molar-refractivity contribution < 1.29 is 14.7 Å². The lowest BCUT2D eigenvalue weighted by molar-refractivity contribution is 0.0696. The molecule has 2 aromatic carbocycles. The summed E-state index contributed by atoms with van der Waals surface area (Å²) in [5.41, 5.74) is 4.26. The summed E-state index contributed by atoms with van der Waals surface area (Å²) < 4.78 is 2.26. The van der Waals surface area contributed by atoms with Gasteiger partial charge in [-0.05, 0) is 43.2 Å². The zero-order valence-corrected chi connectivity index (χ0v) is 18.8. The summed E-state index contributed by atoms with van der Waals surface area (Å²) in [6.45, 7) is 0.509. The molecule has 0 aliphatic heterocycles. The van der Waals surface area contributed by atoms with Gasteiger partial charge in [0, 0.05) is 36.3 Å². The molecule has 2 heterocycles. The maximum atomic E-state index is 12.6. The molecule has 3 N–H and O–H groups in total. The maximum absolute atomic E-state index is 12.6. The quantitative estimate of drug-likeness (QED) is 0.375. The number of amides is 1. The summed E-state index contributed by atoms with van der Waals surface area (Å²) in [4.78, 5) is 35.9. The number of nitrogens with zero attached hydrogens (tertiary/aromatic N) is 3. The van der Waals surface area contributed by atoms with Gasteiger partial charge in [-0.1, -0.05) is 31.4 Å². The van der Waals surface area contributed by atoms with Crippen molar-refractivity contribution >= 4 is 22.9 Å². The van der Waals surface area contributed by atoms with E-state index in [9.17, 15) is 14.7 Å². The van der Waals surface area contributed by atoms with Crippen molar-refractivity contribution in [1.29, 1.82) is 0 Å². The molecular formula is C26H27N5O3. The first kappa shape index (κ1) is 21.9. The van der Waals surface area contributed by atoms with Gasteiger partial charge in [0.2, 0.25) is 0 Å². The van der Waals surface area contributed by atoms with Gasteiger partial charge >= 0.3 is 5.97 Å². The topological polar surface area (TPSA) is 113 Å². The van der Waals surface area contributed by atoms with Crippen molar-refractivity contribution in [1.82, 2.24) is 24.8 Å². The highest BCUT2D eigenvalue weighted by Crippen LogP contribution is 2.36. The van der Waals surface area contributed by atoms with E-state index in [2.05, 4.69) is 19.9 Å². The first-order valence-corrected chi connectivity index (χ1v) is 11.7. The zero-order valence-electron chi connectivity index (χ0n) is 18.8. The summed E-state index contributed by atoms with van der Waals surface area (Å²) >= 11 is 0. The normalized spacial score (nSPS) is 14.4. The Balaban J connectivity index is 1.42. The van der Waals surface area contributed by atoms with Gasteiger partial charge in [-0.3, -0.25) is 4.79 Å². The smallest absolute Gasteiger partial charge is 0.335 e. The van der Waals surface area contributed by atoms with E-state index in [1.165, 1.54) is 19.3 Å². The Bertz CT molecular complexity index is 1300. The highest BCUT2D eigenvalue weighted by Gasteiger charge is 2.23. The largest absolute Gasteiger partial charge is 0.478 e. The monoisotopic (exact) mass is 457 g/mol. The molecule has 34 heavy (non-hydrogen) atoms. The number of aromatic carboxylic acids is 1. The lowest BCUT2D eigenvalue weighted by Crippen LogP contribution is -2.25. The van der Waals surface area contributed by atoms with Crippen LogP contribution in [-0.2, 0) is 6.42 Å². The average molecular weight is 458 g/mol. The third-order valence-electron chi connectivity index (χ3n) is 6.50. The van der Waals surface area contributed by atoms with E-state index >= 15 is 0 Å². The van der Waals surface area contributed by atoms with Crippen molar-refractivity contribution in [3.8, 4) is 11.4 Å². The molecule has 5 rings (SSSR count). The third-order valence-corrected chi connectivity index (χ3v) is 6.50. The molecule has 1 fully saturated rings. The fraction of sp³-hybridized carbons (Fsp3) is 0.308. The highest BCUT2D eigenvalue weighted by molar-refractivity contribution is 5.95. The molecule has 0 bridgehead atoms. The molecule has 0 saturated heterocycles. The Labute approximate surface area is 197 Å². The summed E-state index contributed by atoms with van der Waals surface area (Å²) in [6.07, 6.45) is 9.86. The van der Waals surface area contributed by atoms with E-state index in [-0.39, 0.29) is 11.5 Å². The summed E-state index contributed by atoms with van der Waals surface area (Å²) in [5.74, 6) is -0.276. The number of carbonyl (C=O) groups excluding carboxylic acids is 1. The number of H-pyrrole nitrogens is 1. The average Bonchev–Trinajstić information content (AvgIpc) is 3.52. The number of carboxylic acids is 1. The van der Waals surface area contributed by atoms with Crippen LogP contribution in [0.4, 0.5) is 0 Å². The van der Waals surface area contributed by atoms with Crippen molar-refractivity contribution in [2.75, 3.05) is 6.54 Å². The predicted octanol–water partition coefficient (Wildman–Crippen LogP) is 4.60. The molecule has 1 amide bonds. The van der Waals surface area contributed by atoms with Crippen LogP contribution < -0.4 is 5.32 Å². The van der Waals surface area contributed by atoms with E-state index < -0.39 is 5.97 Å². The van der Waals surface area contributed by atoms with Crippen molar-refractivity contribution in [3.63, 3.8) is 0 Å². The molecule has 1 aliphatic carbocycles. The molecule has 174 valence electrons. The molecule has 2 aromatic heterocycles. The molecule has 1 aliphatic rings. The first-order chi connectivity index (χ1) is 16.6. The summed E-state index contributed by atoms with van der Waals surface area (Å²) in [7, 11) is 0. The zero-order chi connectivity index (χ0) is 23.5. The second-order valence-corrected chi connectivity index (χ2v) is 8.75. The first-order valence-electron chi connectivity index (χ1n) is 11.7. The van der Waals surface area contributed by atoms with E-state index in [0.29, 0.717) is 30.1 Å². The Morgan fingerprint density at radius 2 is 1.82 bits per heavy atom. The standard InChI is InChI=1S/C26H27N5O3/c32-25(28-13-12-20-15-27-16-29-20)18-8-6-17(7-9-18)24-30-22-14-19(26(33)34)10-11-23(22)31(24)21-4-2-1-3-5-21/h6-11,14-16,21H,1-5,12-13H2,(H,27,29)(H,28,32)(H,33,34). The minimum atomic E-state index is -0.960. The molecule has 0 unspecified atom stereocenters. The number of rotatable bonds is 7. The van der Waals surface area contributed by atoms with E-state index in [4.69, 9.17) is 4.98 Å². The molecule has 8 nitrogen and oxygen atoms in total. The van der Waals surface area contributed by atoms with Crippen LogP contribution in [-0.4, -0.2) is 43.0 Å². The molecule has 0 atom stereocenters. The third kappa shape index (κ3) is 4.44. The molecular weight excluding hydrogens is 430 g/mol. The lowest BCUT2D eigenvalue weighted by atomic mass is 9.94. The molecule has 8 heteroatoms. The molecule has 0 radical (unpaired) electrons. The second kappa shape index (κ2) is 9.51. The van der Waals surface area contributed by atoms with Gasteiger partial charge in [0.15, 0.2) is 0 Å². The number of carbonyl (C=O) groups is 2. The van der Waals surface area contributed by atoms with Crippen LogP contribution >= 0.6 is 0 Å². The summed E-state index contributed by atoms with van der Waals surface area (Å²) in [6, 6.07) is 12.9. The van der Waals surface area contributed by atoms with Gasteiger partial charge in [0.05, 0.1) is 28.6 Å². The number of imidazole rings is 2. The van der Waals surface area contributed by atoms with Gasteiger partial charge in [-0.25, -0.2) is 14.8 Å². The fourth-order valence-corrected chi connectivity index (χ4v) is 4.75. The molecule has 4 aromatic rings. The number of aromatic amines is 1. The molecule has 0 spiro atoms.